The van der Waals surface area contributed by atoms with Gasteiger partial charge in [-0.2, -0.15) is 0 Å². The van der Waals surface area contributed by atoms with Crippen LogP contribution in [0.3, 0.4) is 0 Å². The van der Waals surface area contributed by atoms with Gasteiger partial charge in [-0.1, -0.05) is 34.6 Å². The molecule has 0 spiro atoms. The van der Waals surface area contributed by atoms with Gasteiger partial charge >= 0.3 is 5.97 Å². The molecule has 7 aliphatic rings. The van der Waals surface area contributed by atoms with E-state index in [1.807, 2.05) is 13.8 Å². The average Bonchev–Trinajstić information content (AvgIpc) is 3.76. The lowest BCUT2D eigenvalue weighted by Gasteiger charge is -2.72. The van der Waals surface area contributed by atoms with Crippen molar-refractivity contribution in [3.05, 3.63) is 0 Å². The fourth-order valence-corrected chi connectivity index (χ4v) is 14.3. The second-order valence-corrected chi connectivity index (χ2v) is 21.8. The van der Waals surface area contributed by atoms with E-state index in [2.05, 4.69) is 27.7 Å². The molecule has 0 amide bonds. The molecule has 16 heteroatoms. The summed E-state index contributed by atoms with van der Waals surface area (Å²) in [5, 5.41) is 100. The van der Waals surface area contributed by atoms with E-state index < -0.39 is 132 Å². The Labute approximate surface area is 353 Å². The molecule has 0 bridgehead atoms. The zero-order valence-electron chi connectivity index (χ0n) is 36.8. The van der Waals surface area contributed by atoms with Crippen molar-refractivity contribution in [3.8, 4) is 0 Å². The molecule has 0 radical (unpaired) electrons. The molecule has 346 valence electrons. The van der Waals surface area contributed by atoms with E-state index in [1.165, 1.54) is 6.92 Å². The van der Waals surface area contributed by atoms with Crippen molar-refractivity contribution < 1.29 is 79.2 Å². The molecule has 16 nitrogen and oxygen atoms in total. The lowest BCUT2D eigenvalue weighted by molar-refractivity contribution is -0.383. The van der Waals surface area contributed by atoms with E-state index in [0.717, 1.165) is 25.7 Å². The predicted molar refractivity (Wildman–Crippen MR) is 211 cm³/mol. The molecule has 3 aliphatic heterocycles. The second kappa shape index (κ2) is 16.1. The van der Waals surface area contributed by atoms with Crippen LogP contribution in [0.15, 0.2) is 0 Å². The zero-order chi connectivity index (χ0) is 44.3. The minimum Gasteiger partial charge on any atom is -0.463 e. The zero-order valence-corrected chi connectivity index (χ0v) is 36.8. The first kappa shape index (κ1) is 46.9. The van der Waals surface area contributed by atoms with E-state index >= 15 is 0 Å². The SMILES string of the molecule is CC(=O)OC[C@H]1O[C@H](O[C@H]2C[C@]3(C)[C@H](C[C@@H](O)[C@@H]4[C@@H]([C@]5(C)CC[C@@H](C(C)(C)O)O5)CC[C@]43C)[C@@]3(C)CC[C@H](O)C(C)(C)[C@@H]23)[C@H](O[C@H]2O[C@H](CO)[C@@H](O)[C@H](O)[C@H]2O)[C@@H](O)[C@@H]1O. The van der Waals surface area contributed by atoms with Crippen LogP contribution >= 0.6 is 0 Å². The van der Waals surface area contributed by atoms with Crippen LogP contribution in [0.5, 0.6) is 0 Å². The van der Waals surface area contributed by atoms with Gasteiger partial charge in [0.05, 0.1) is 42.2 Å². The Morgan fingerprint density at radius 2 is 1.42 bits per heavy atom. The maximum absolute atomic E-state index is 12.4. The van der Waals surface area contributed by atoms with Gasteiger partial charge in [0.25, 0.3) is 0 Å². The van der Waals surface area contributed by atoms with Crippen LogP contribution < -0.4 is 0 Å². The molecule has 7 fully saturated rings. The molecule has 4 saturated carbocycles. The number of carbonyl (C=O) groups is 1. The van der Waals surface area contributed by atoms with Gasteiger partial charge in [-0.3, -0.25) is 4.79 Å². The first-order valence-corrected chi connectivity index (χ1v) is 22.3. The van der Waals surface area contributed by atoms with E-state index in [0.29, 0.717) is 25.7 Å². The number of hydrogen-bond acceptors (Lipinski definition) is 16. The van der Waals surface area contributed by atoms with Crippen LogP contribution in [0.25, 0.3) is 0 Å². The smallest absolute Gasteiger partial charge is 0.302 e. The molecular formula is C44H74O16. The third kappa shape index (κ3) is 7.41. The summed E-state index contributed by atoms with van der Waals surface area (Å²) in [5.41, 5.74) is -3.63. The van der Waals surface area contributed by atoms with Gasteiger partial charge in [0.1, 0.15) is 55.4 Å². The van der Waals surface area contributed by atoms with Gasteiger partial charge < -0.3 is 74.4 Å². The third-order valence-electron chi connectivity index (χ3n) is 17.7. The van der Waals surface area contributed by atoms with Crippen LogP contribution in [0.4, 0.5) is 0 Å². The Morgan fingerprint density at radius 3 is 2.03 bits per heavy atom. The maximum Gasteiger partial charge on any atom is 0.302 e. The summed E-state index contributed by atoms with van der Waals surface area (Å²) in [6, 6.07) is 0. The minimum absolute atomic E-state index is 0.00983. The highest BCUT2D eigenvalue weighted by atomic mass is 16.8. The molecule has 0 aromatic heterocycles. The molecule has 0 aromatic rings. The summed E-state index contributed by atoms with van der Waals surface area (Å²) in [5.74, 6) is -1.07. The Balaban J connectivity index is 1.27. The van der Waals surface area contributed by atoms with Crippen LogP contribution in [0.2, 0.25) is 0 Å². The highest BCUT2D eigenvalue weighted by Crippen LogP contribution is 2.76. The molecule has 60 heavy (non-hydrogen) atoms. The van der Waals surface area contributed by atoms with Gasteiger partial charge in [-0.15, -0.1) is 0 Å². The Hall–Kier alpha value is -1.09. The van der Waals surface area contributed by atoms with Crippen molar-refractivity contribution in [1.29, 1.82) is 0 Å². The van der Waals surface area contributed by atoms with E-state index in [4.69, 9.17) is 28.4 Å². The molecule has 7 rings (SSSR count). The third-order valence-corrected chi connectivity index (χ3v) is 17.7. The summed E-state index contributed by atoms with van der Waals surface area (Å²) in [6.07, 6.45) is -13.1. The van der Waals surface area contributed by atoms with Gasteiger partial charge in [0.2, 0.25) is 0 Å². The Bertz CT molecular complexity index is 1560. The number of carbonyl (C=O) groups excluding carboxylic acids is 1. The van der Waals surface area contributed by atoms with Crippen molar-refractivity contribution >= 4 is 5.97 Å². The summed E-state index contributed by atoms with van der Waals surface area (Å²) < 4.78 is 37.3. The van der Waals surface area contributed by atoms with Gasteiger partial charge in [0, 0.05) is 6.92 Å². The molecule has 4 aliphatic carbocycles. The van der Waals surface area contributed by atoms with Crippen molar-refractivity contribution in [2.45, 2.75) is 211 Å². The average molecular weight is 859 g/mol. The number of hydrogen-bond donors (Lipinski definition) is 9. The largest absolute Gasteiger partial charge is 0.463 e. The first-order chi connectivity index (χ1) is 27.7. The topological polar surface area (TPSA) is 255 Å². The predicted octanol–water partition coefficient (Wildman–Crippen LogP) is 0.902. The normalized spacial score (nSPS) is 54.2. The highest BCUT2D eigenvalue weighted by Gasteiger charge is 2.74. The summed E-state index contributed by atoms with van der Waals surface area (Å²) in [6.45, 7) is 16.6. The van der Waals surface area contributed by atoms with E-state index in [-0.39, 0.29) is 29.8 Å². The monoisotopic (exact) mass is 858 g/mol. The maximum atomic E-state index is 12.4. The van der Waals surface area contributed by atoms with Crippen molar-refractivity contribution in [2.75, 3.05) is 13.2 Å². The molecule has 0 aromatic carbocycles. The molecule has 0 unspecified atom stereocenters. The highest BCUT2D eigenvalue weighted by molar-refractivity contribution is 5.65. The van der Waals surface area contributed by atoms with Crippen molar-refractivity contribution in [3.63, 3.8) is 0 Å². The minimum atomic E-state index is -1.83. The van der Waals surface area contributed by atoms with E-state index in [9.17, 15) is 50.8 Å². The van der Waals surface area contributed by atoms with Gasteiger partial charge in [-0.25, -0.2) is 0 Å². The fraction of sp³-hybridized carbons (Fsp3) is 0.977. The lowest BCUT2D eigenvalue weighted by atomic mass is 9.34. The number of rotatable bonds is 9. The quantitative estimate of drug-likeness (QED) is 0.115. The molecule has 3 saturated heterocycles. The number of ether oxygens (including phenoxy) is 6. The summed E-state index contributed by atoms with van der Waals surface area (Å²) in [4.78, 5) is 11.9. The van der Waals surface area contributed by atoms with Gasteiger partial charge in [0.15, 0.2) is 12.6 Å². The second-order valence-electron chi connectivity index (χ2n) is 21.8. The van der Waals surface area contributed by atoms with Crippen molar-refractivity contribution in [2.24, 2.45) is 45.3 Å². The van der Waals surface area contributed by atoms with Crippen LogP contribution in [0.1, 0.15) is 114 Å². The van der Waals surface area contributed by atoms with Crippen LogP contribution in [-0.2, 0) is 33.2 Å². The summed E-state index contributed by atoms with van der Waals surface area (Å²) >= 11 is 0. The van der Waals surface area contributed by atoms with Gasteiger partial charge in [-0.05, 0) is 117 Å². The standard InChI is InChI=1S/C44H74O16/c1-20(46)55-19-25-31(50)33(52)35(59-37-34(53)32(51)30(49)24(18-45)57-37)38(58-25)56-23-17-43(8)26(41(6)13-11-27(48)39(2,3)36(23)41)16-22(47)29-21(10-14-42(29,43)7)44(9)15-12-28(60-44)40(4,5)54/h21-38,45,47-54H,10-19H2,1-9H3/t21-,22+,23-,24+,25+,26+,27-,28-,29-,30+,31+,32-,33-,34+,35+,36+,37+,38-,41+,42+,43+,44-/m0/s1. The molecule has 9 N–H and O–H groups in total. The molecular weight excluding hydrogens is 784 g/mol. The lowest BCUT2D eigenvalue weighted by Crippen LogP contribution is -2.71. The van der Waals surface area contributed by atoms with Crippen LogP contribution in [-0.4, -0.2) is 162 Å². The number of aliphatic hydroxyl groups is 9. The first-order valence-electron chi connectivity index (χ1n) is 22.3. The number of esters is 1. The number of fused-ring (bicyclic) bond motifs is 5. The Morgan fingerprint density at radius 1 is 0.767 bits per heavy atom. The summed E-state index contributed by atoms with van der Waals surface area (Å²) in [7, 11) is 0. The van der Waals surface area contributed by atoms with Crippen LogP contribution in [0, 0.1) is 45.3 Å². The van der Waals surface area contributed by atoms with Crippen molar-refractivity contribution in [1.82, 2.24) is 0 Å². The van der Waals surface area contributed by atoms with E-state index in [1.54, 1.807) is 13.8 Å². The Kier molecular flexibility index (Phi) is 12.6. The fourth-order valence-electron chi connectivity index (χ4n) is 14.3. The molecule has 3 heterocycles. The number of aliphatic hydroxyl groups excluding tert-OH is 8. The molecule has 22 atom stereocenters.